The van der Waals surface area contributed by atoms with Gasteiger partial charge in [-0.3, -0.25) is 0 Å². The molecule has 0 fully saturated rings. The van der Waals surface area contributed by atoms with Gasteiger partial charge in [0.25, 0.3) is 0 Å². The molecule has 0 bridgehead atoms. The molecule has 2 N–H and O–H groups in total. The Balaban J connectivity index is 2.23. The van der Waals surface area contributed by atoms with E-state index in [2.05, 4.69) is 0 Å². The quantitative estimate of drug-likeness (QED) is 0.401. The van der Waals surface area contributed by atoms with Crippen molar-refractivity contribution in [1.29, 1.82) is 0 Å². The molecule has 2 aromatic carbocycles. The average Bonchev–Trinajstić information content (AvgIpc) is 2.66. The summed E-state index contributed by atoms with van der Waals surface area (Å²) >= 11 is 0. The number of aromatic carboxylic acids is 2. The van der Waals surface area contributed by atoms with Crippen LogP contribution in [0.15, 0.2) is 60.9 Å². The number of benzene rings is 2. The molecule has 29 heavy (non-hydrogen) atoms. The Kier molecular flexibility index (Phi) is 4.04. The van der Waals surface area contributed by atoms with Crippen LogP contribution in [-0.2, 0) is 0 Å². The Morgan fingerprint density at radius 1 is 0.759 bits per heavy atom. The van der Waals surface area contributed by atoms with Gasteiger partial charge in [-0.25, -0.2) is 19.2 Å². The second-order valence-electron chi connectivity index (χ2n) is 6.46. The van der Waals surface area contributed by atoms with Gasteiger partial charge >= 0.3 is 23.2 Å². The summed E-state index contributed by atoms with van der Waals surface area (Å²) in [6.07, 6.45) is 0. The molecule has 0 unspecified atom stereocenters. The summed E-state index contributed by atoms with van der Waals surface area (Å²) < 4.78 is 10.6. The summed E-state index contributed by atoms with van der Waals surface area (Å²) in [6.45, 7) is 1.88. The summed E-state index contributed by atoms with van der Waals surface area (Å²) in [5.74, 6) is -2.91. The predicted octanol–water partition coefficient (Wildman–Crippen LogP) is 3.27. The van der Waals surface area contributed by atoms with Crippen LogP contribution in [0, 0.1) is 6.92 Å². The van der Waals surface area contributed by atoms with Gasteiger partial charge in [0.05, 0.1) is 5.56 Å². The highest BCUT2D eigenvalue weighted by Crippen LogP contribution is 2.36. The number of carboxylic acids is 2. The molecule has 0 saturated carbocycles. The molecule has 144 valence electrons. The number of fused-ring (bicyclic) bond motifs is 2. The van der Waals surface area contributed by atoms with Crippen molar-refractivity contribution in [2.45, 2.75) is 6.92 Å². The monoisotopic (exact) mass is 392 g/mol. The zero-order valence-electron chi connectivity index (χ0n) is 14.9. The highest BCUT2D eigenvalue weighted by molar-refractivity contribution is 6.09. The Bertz CT molecular complexity index is 1350. The van der Waals surface area contributed by atoms with Crippen LogP contribution in [-0.4, -0.2) is 22.2 Å². The van der Waals surface area contributed by atoms with Crippen molar-refractivity contribution < 1.29 is 28.6 Å². The molecule has 0 saturated heterocycles. The minimum absolute atomic E-state index is 0.0302. The maximum Gasteiger partial charge on any atom is 0.351 e. The number of hydrogen-bond donors (Lipinski definition) is 2. The molecule has 2 heterocycles. The standard InChI is InChI=1S/C21H12O8/c1-9-2-4-10(5-3-9)15-16-11(7-13(18(22)23)20(26)28-16)6-12-8-14(19(24)25)21(27)29-17(12)15/h2-8H,1H3,(H,22,23)(H,24,25). The molecular formula is C21H12O8. The fourth-order valence-corrected chi connectivity index (χ4v) is 3.13. The fraction of sp³-hybridized carbons (Fsp3) is 0.0476. The van der Waals surface area contributed by atoms with E-state index in [1.54, 1.807) is 24.3 Å². The predicted molar refractivity (Wildman–Crippen MR) is 103 cm³/mol. The molecule has 2 aromatic heterocycles. The second kappa shape index (κ2) is 6.45. The van der Waals surface area contributed by atoms with Gasteiger partial charge < -0.3 is 19.0 Å². The molecule has 0 spiro atoms. The summed E-state index contributed by atoms with van der Waals surface area (Å²) in [5, 5.41) is 18.9. The van der Waals surface area contributed by atoms with Crippen LogP contribution in [0.5, 0.6) is 0 Å². The van der Waals surface area contributed by atoms with E-state index in [0.717, 1.165) is 17.7 Å². The van der Waals surface area contributed by atoms with Gasteiger partial charge in [-0.2, -0.15) is 0 Å². The van der Waals surface area contributed by atoms with Crippen molar-refractivity contribution in [3.8, 4) is 11.1 Å². The number of carboxylic acid groups (broad SMARTS) is 2. The molecule has 0 radical (unpaired) electrons. The minimum Gasteiger partial charge on any atom is -0.477 e. The van der Waals surface area contributed by atoms with E-state index in [4.69, 9.17) is 8.83 Å². The van der Waals surface area contributed by atoms with E-state index in [9.17, 15) is 29.4 Å². The maximum atomic E-state index is 12.1. The topological polar surface area (TPSA) is 135 Å². The second-order valence-corrected chi connectivity index (χ2v) is 6.46. The highest BCUT2D eigenvalue weighted by atomic mass is 16.4. The van der Waals surface area contributed by atoms with Gasteiger partial charge in [0.1, 0.15) is 22.3 Å². The first kappa shape index (κ1) is 18.2. The van der Waals surface area contributed by atoms with Gasteiger partial charge in [0.15, 0.2) is 0 Å². The van der Waals surface area contributed by atoms with Crippen LogP contribution in [0.3, 0.4) is 0 Å². The van der Waals surface area contributed by atoms with Crippen molar-refractivity contribution >= 4 is 33.9 Å². The molecule has 8 nitrogen and oxygen atoms in total. The van der Waals surface area contributed by atoms with Crippen molar-refractivity contribution in [3.05, 3.63) is 80.0 Å². The van der Waals surface area contributed by atoms with Crippen molar-refractivity contribution in [2.75, 3.05) is 0 Å². The van der Waals surface area contributed by atoms with Gasteiger partial charge in [0, 0.05) is 10.8 Å². The minimum atomic E-state index is -1.46. The molecule has 0 aliphatic rings. The first-order chi connectivity index (χ1) is 13.8. The van der Waals surface area contributed by atoms with Gasteiger partial charge in [-0.15, -0.1) is 0 Å². The van der Waals surface area contributed by atoms with Crippen LogP contribution in [0.4, 0.5) is 0 Å². The number of aryl methyl sites for hydroxylation is 1. The normalized spacial score (nSPS) is 11.1. The zero-order chi connectivity index (χ0) is 20.9. The third kappa shape index (κ3) is 2.96. The van der Waals surface area contributed by atoms with E-state index < -0.39 is 34.3 Å². The Hall–Kier alpha value is -4.20. The summed E-state index contributed by atoms with van der Waals surface area (Å²) in [4.78, 5) is 46.9. The Morgan fingerprint density at radius 2 is 1.21 bits per heavy atom. The summed E-state index contributed by atoms with van der Waals surface area (Å²) in [6, 6.07) is 10.7. The van der Waals surface area contributed by atoms with Crippen LogP contribution >= 0.6 is 0 Å². The van der Waals surface area contributed by atoms with E-state index in [1.807, 2.05) is 6.92 Å². The number of rotatable bonds is 3. The smallest absolute Gasteiger partial charge is 0.351 e. The summed E-state index contributed by atoms with van der Waals surface area (Å²) in [7, 11) is 0. The lowest BCUT2D eigenvalue weighted by Crippen LogP contribution is -2.14. The Morgan fingerprint density at radius 3 is 1.62 bits per heavy atom. The third-order valence-electron chi connectivity index (χ3n) is 4.52. The largest absolute Gasteiger partial charge is 0.477 e. The molecule has 8 heteroatoms. The fourth-order valence-electron chi connectivity index (χ4n) is 3.13. The van der Waals surface area contributed by atoms with Crippen LogP contribution < -0.4 is 11.3 Å². The van der Waals surface area contributed by atoms with Gasteiger partial charge in [0.2, 0.25) is 0 Å². The van der Waals surface area contributed by atoms with Gasteiger partial charge in [-0.1, -0.05) is 29.8 Å². The third-order valence-corrected chi connectivity index (χ3v) is 4.52. The lowest BCUT2D eigenvalue weighted by Gasteiger charge is -2.10. The van der Waals surface area contributed by atoms with Crippen LogP contribution in [0.1, 0.15) is 26.3 Å². The van der Waals surface area contributed by atoms with Crippen LogP contribution in [0.25, 0.3) is 33.1 Å². The maximum absolute atomic E-state index is 12.1. The first-order valence-electron chi connectivity index (χ1n) is 8.38. The molecule has 0 atom stereocenters. The number of hydrogen-bond acceptors (Lipinski definition) is 6. The molecule has 4 rings (SSSR count). The lowest BCUT2D eigenvalue weighted by atomic mass is 9.97. The number of carbonyl (C=O) groups is 2. The van der Waals surface area contributed by atoms with Crippen molar-refractivity contribution in [3.63, 3.8) is 0 Å². The average molecular weight is 392 g/mol. The molecular weight excluding hydrogens is 380 g/mol. The van der Waals surface area contributed by atoms with Crippen molar-refractivity contribution in [2.24, 2.45) is 0 Å². The van der Waals surface area contributed by atoms with Gasteiger partial charge in [-0.05, 0) is 30.7 Å². The van der Waals surface area contributed by atoms with Crippen LogP contribution in [0.2, 0.25) is 0 Å². The highest BCUT2D eigenvalue weighted by Gasteiger charge is 2.21. The first-order valence-corrected chi connectivity index (χ1v) is 8.38. The molecule has 4 aromatic rings. The summed E-state index contributed by atoms with van der Waals surface area (Å²) in [5.41, 5.74) is -1.42. The Labute approximate surface area is 161 Å². The SMILES string of the molecule is Cc1ccc(-c2c3oc(=O)c(C(=O)O)cc3cc3cc(C(=O)O)c(=O)oc23)cc1. The van der Waals surface area contributed by atoms with E-state index >= 15 is 0 Å². The van der Waals surface area contributed by atoms with E-state index in [0.29, 0.717) is 5.56 Å². The molecule has 0 amide bonds. The molecule has 0 aliphatic carbocycles. The van der Waals surface area contributed by atoms with Crippen molar-refractivity contribution in [1.82, 2.24) is 0 Å². The lowest BCUT2D eigenvalue weighted by molar-refractivity contribution is 0.0681. The molecule has 0 aliphatic heterocycles. The van der Waals surface area contributed by atoms with E-state index in [-0.39, 0.29) is 27.5 Å². The zero-order valence-corrected chi connectivity index (χ0v) is 14.9. The van der Waals surface area contributed by atoms with E-state index in [1.165, 1.54) is 6.07 Å².